The number of nitrogens with one attached hydrogen (secondary N) is 1. The van der Waals surface area contributed by atoms with Gasteiger partial charge in [0.2, 0.25) is 0 Å². The van der Waals surface area contributed by atoms with Gasteiger partial charge in [0.25, 0.3) is 0 Å². The molecule has 1 atom stereocenters. The van der Waals surface area contributed by atoms with E-state index in [1.54, 1.807) is 18.2 Å². The number of nitrogens with zero attached hydrogens (tertiary/aromatic N) is 1. The number of anilines is 1. The molecular weight excluding hydrogens is 436 g/mol. The van der Waals surface area contributed by atoms with Crippen LogP contribution in [0.3, 0.4) is 0 Å². The Morgan fingerprint density at radius 2 is 1.68 bits per heavy atom. The van der Waals surface area contributed by atoms with E-state index >= 15 is 0 Å². The van der Waals surface area contributed by atoms with E-state index in [1.807, 2.05) is 30.3 Å². The normalized spacial score (nSPS) is 12.4. The molecule has 0 aliphatic heterocycles. The summed E-state index contributed by atoms with van der Waals surface area (Å²) in [7, 11) is 0. The van der Waals surface area contributed by atoms with E-state index < -0.39 is 6.10 Å². The van der Waals surface area contributed by atoms with E-state index in [2.05, 4.69) is 10.3 Å². The van der Waals surface area contributed by atoms with Crippen molar-refractivity contribution >= 4 is 58.8 Å². The van der Waals surface area contributed by atoms with Gasteiger partial charge in [-0.1, -0.05) is 47.5 Å². The molecule has 0 spiro atoms. The van der Waals surface area contributed by atoms with Crippen LogP contribution in [-0.2, 0) is 0 Å². The first-order chi connectivity index (χ1) is 10.1. The maximum absolute atomic E-state index is 10.1. The minimum Gasteiger partial charge on any atom is -0.386 e. The summed E-state index contributed by atoms with van der Waals surface area (Å²) in [5.41, 5.74) is 7.05. The molecule has 2 aromatic carbocycles. The Balaban J connectivity index is 0.00000242. The van der Waals surface area contributed by atoms with Crippen LogP contribution in [-0.4, -0.2) is 17.6 Å². The molecule has 2 rings (SSSR count). The molecule has 4 nitrogen and oxygen atoms in total. The number of hydrogen-bond donors (Lipinski definition) is 3. The third kappa shape index (κ3) is 5.31. The van der Waals surface area contributed by atoms with Gasteiger partial charge in [-0.25, -0.2) is 0 Å². The Morgan fingerprint density at radius 1 is 1.09 bits per heavy atom. The zero-order valence-electron chi connectivity index (χ0n) is 11.5. The smallest absolute Gasteiger partial charge is 0.193 e. The maximum atomic E-state index is 10.1. The van der Waals surface area contributed by atoms with Crippen LogP contribution in [0, 0.1) is 0 Å². The van der Waals surface area contributed by atoms with Gasteiger partial charge < -0.3 is 16.2 Å². The molecule has 0 radical (unpaired) electrons. The average Bonchev–Trinajstić information content (AvgIpc) is 2.46. The zero-order chi connectivity index (χ0) is 15.2. The second kappa shape index (κ2) is 9.19. The van der Waals surface area contributed by atoms with E-state index in [9.17, 15) is 5.11 Å². The highest BCUT2D eigenvalue weighted by Gasteiger charge is 2.14. The van der Waals surface area contributed by atoms with Crippen molar-refractivity contribution in [1.29, 1.82) is 0 Å². The summed E-state index contributed by atoms with van der Waals surface area (Å²) in [6.07, 6.45) is -0.915. The molecule has 0 fully saturated rings. The summed E-state index contributed by atoms with van der Waals surface area (Å²) in [4.78, 5) is 4.09. The molecule has 0 amide bonds. The molecule has 118 valence electrons. The van der Waals surface area contributed by atoms with Gasteiger partial charge in [-0.05, 0) is 24.3 Å². The fourth-order valence-electron chi connectivity index (χ4n) is 1.81. The lowest BCUT2D eigenvalue weighted by Crippen LogP contribution is -2.23. The number of para-hydroxylation sites is 1. The molecular formula is C15H16Cl2IN3O. The summed E-state index contributed by atoms with van der Waals surface area (Å²) >= 11 is 12.1. The standard InChI is InChI=1S/C15H15Cl2N3O.HI/c16-11-7-4-8-12(17)14(11)13(21)9-19-15(18)20-10-5-2-1-3-6-10;/h1-8,13,21H,9H2,(H3,18,19,20);1H. The van der Waals surface area contributed by atoms with Gasteiger partial charge in [-0.2, -0.15) is 0 Å². The van der Waals surface area contributed by atoms with Crippen LogP contribution in [0.1, 0.15) is 11.7 Å². The van der Waals surface area contributed by atoms with E-state index in [0.29, 0.717) is 15.6 Å². The molecule has 0 bridgehead atoms. The number of rotatable bonds is 4. The maximum Gasteiger partial charge on any atom is 0.193 e. The zero-order valence-corrected chi connectivity index (χ0v) is 15.4. The molecule has 0 saturated heterocycles. The number of aliphatic imine (C=N–C) groups is 1. The van der Waals surface area contributed by atoms with Crippen molar-refractivity contribution in [3.8, 4) is 0 Å². The summed E-state index contributed by atoms with van der Waals surface area (Å²) in [6.45, 7) is 0.0646. The summed E-state index contributed by atoms with van der Waals surface area (Å²) in [6, 6.07) is 14.5. The van der Waals surface area contributed by atoms with Crippen molar-refractivity contribution in [3.63, 3.8) is 0 Å². The van der Waals surface area contributed by atoms with Crippen LogP contribution in [0.2, 0.25) is 10.0 Å². The number of benzene rings is 2. The second-order valence-corrected chi connectivity index (χ2v) is 5.18. The summed E-state index contributed by atoms with van der Waals surface area (Å²) < 4.78 is 0. The van der Waals surface area contributed by atoms with Crippen molar-refractivity contribution in [2.75, 3.05) is 11.9 Å². The van der Waals surface area contributed by atoms with Crippen molar-refractivity contribution in [2.24, 2.45) is 10.7 Å². The molecule has 0 aromatic heterocycles. The highest BCUT2D eigenvalue weighted by atomic mass is 127. The fourth-order valence-corrected chi connectivity index (χ4v) is 2.46. The van der Waals surface area contributed by atoms with E-state index in [0.717, 1.165) is 5.69 Å². The number of aliphatic hydroxyl groups excluding tert-OH is 1. The quantitative estimate of drug-likeness (QED) is 0.372. The Bertz CT molecular complexity index is 618. The average molecular weight is 452 g/mol. The van der Waals surface area contributed by atoms with Crippen LogP contribution >= 0.6 is 47.2 Å². The lowest BCUT2D eigenvalue weighted by atomic mass is 10.1. The van der Waals surface area contributed by atoms with Crippen LogP contribution in [0.4, 0.5) is 5.69 Å². The molecule has 0 aliphatic carbocycles. The molecule has 1 unspecified atom stereocenters. The molecule has 7 heteroatoms. The Morgan fingerprint density at radius 3 is 2.27 bits per heavy atom. The predicted molar refractivity (Wildman–Crippen MR) is 103 cm³/mol. The van der Waals surface area contributed by atoms with Gasteiger partial charge in [-0.15, -0.1) is 24.0 Å². The van der Waals surface area contributed by atoms with Gasteiger partial charge >= 0.3 is 0 Å². The first-order valence-electron chi connectivity index (χ1n) is 6.32. The SMILES string of the molecule is I.NC(=NCC(O)c1c(Cl)cccc1Cl)Nc1ccccc1. The minimum atomic E-state index is -0.915. The molecule has 4 N–H and O–H groups in total. The number of hydrogen-bond acceptors (Lipinski definition) is 2. The molecule has 2 aromatic rings. The highest BCUT2D eigenvalue weighted by molar-refractivity contribution is 14.0. The van der Waals surface area contributed by atoms with Gasteiger partial charge in [-0.3, -0.25) is 4.99 Å². The van der Waals surface area contributed by atoms with Crippen molar-refractivity contribution in [3.05, 3.63) is 64.1 Å². The minimum absolute atomic E-state index is 0. The summed E-state index contributed by atoms with van der Waals surface area (Å²) in [5, 5.41) is 13.9. The van der Waals surface area contributed by atoms with Gasteiger partial charge in [0.1, 0.15) is 6.10 Å². The van der Waals surface area contributed by atoms with Crippen molar-refractivity contribution in [1.82, 2.24) is 0 Å². The lowest BCUT2D eigenvalue weighted by molar-refractivity contribution is 0.187. The largest absolute Gasteiger partial charge is 0.386 e. The predicted octanol–water partition coefficient (Wildman–Crippen LogP) is 4.07. The Kier molecular flexibility index (Phi) is 7.95. The molecule has 0 aliphatic rings. The van der Waals surface area contributed by atoms with Crippen LogP contribution in [0.15, 0.2) is 53.5 Å². The number of halogens is 3. The first kappa shape index (κ1) is 19.0. The first-order valence-corrected chi connectivity index (χ1v) is 7.07. The van der Waals surface area contributed by atoms with Gasteiger partial charge in [0, 0.05) is 21.3 Å². The highest BCUT2D eigenvalue weighted by Crippen LogP contribution is 2.30. The molecule has 22 heavy (non-hydrogen) atoms. The number of nitrogens with two attached hydrogens (primary N) is 1. The molecule has 0 heterocycles. The Hall–Kier alpha value is -1.02. The monoisotopic (exact) mass is 451 g/mol. The van der Waals surface area contributed by atoms with E-state index in [1.165, 1.54) is 0 Å². The summed E-state index contributed by atoms with van der Waals surface area (Å²) in [5.74, 6) is 0.212. The van der Waals surface area contributed by atoms with Gasteiger partial charge in [0.05, 0.1) is 6.54 Å². The topological polar surface area (TPSA) is 70.6 Å². The van der Waals surface area contributed by atoms with Crippen LogP contribution in [0.5, 0.6) is 0 Å². The van der Waals surface area contributed by atoms with Crippen molar-refractivity contribution in [2.45, 2.75) is 6.10 Å². The second-order valence-electron chi connectivity index (χ2n) is 4.37. The third-order valence-corrected chi connectivity index (χ3v) is 3.47. The molecule has 0 saturated carbocycles. The van der Waals surface area contributed by atoms with Crippen LogP contribution < -0.4 is 11.1 Å². The third-order valence-electron chi connectivity index (χ3n) is 2.81. The number of aliphatic hydroxyl groups is 1. The fraction of sp³-hybridized carbons (Fsp3) is 0.133. The van der Waals surface area contributed by atoms with Crippen LogP contribution in [0.25, 0.3) is 0 Å². The van der Waals surface area contributed by atoms with Crippen molar-refractivity contribution < 1.29 is 5.11 Å². The van der Waals surface area contributed by atoms with E-state index in [4.69, 9.17) is 28.9 Å². The Labute approximate surface area is 156 Å². The number of guanidine groups is 1. The van der Waals surface area contributed by atoms with E-state index in [-0.39, 0.29) is 36.5 Å². The lowest BCUT2D eigenvalue weighted by Gasteiger charge is -2.13. The van der Waals surface area contributed by atoms with Gasteiger partial charge in [0.15, 0.2) is 5.96 Å².